The lowest BCUT2D eigenvalue weighted by molar-refractivity contribution is -0.144. The number of rotatable bonds is 11. The summed E-state index contributed by atoms with van der Waals surface area (Å²) < 4.78 is 0. The summed E-state index contributed by atoms with van der Waals surface area (Å²) in [6, 6.07) is 21.3. The zero-order valence-electron chi connectivity index (χ0n) is 20.0. The van der Waals surface area contributed by atoms with Gasteiger partial charge in [0, 0.05) is 20.9 Å². The summed E-state index contributed by atoms with van der Waals surface area (Å²) >= 11 is 4.22. The van der Waals surface area contributed by atoms with Crippen molar-refractivity contribution in [2.45, 2.75) is 23.8 Å². The number of carboxylic acid groups (broad SMARTS) is 1. The third-order valence-electron chi connectivity index (χ3n) is 6.11. The Balaban J connectivity index is 1.63. The van der Waals surface area contributed by atoms with Gasteiger partial charge in [-0.25, -0.2) is 4.79 Å². The van der Waals surface area contributed by atoms with E-state index in [1.165, 1.54) is 23.1 Å². The number of nitrogens with two attached hydrogens (primary N) is 1. The fourth-order valence-corrected chi connectivity index (χ4v) is 6.43. The summed E-state index contributed by atoms with van der Waals surface area (Å²) in [7, 11) is 0. The van der Waals surface area contributed by atoms with Crippen molar-refractivity contribution in [1.82, 2.24) is 5.32 Å². The SMILES string of the molecule is CSC(C[C@](N)(C(=O)O)c1ccccc1)C(=O)c1ccccc1-c1sccc1C(=O)NCc1cccs1. The minimum absolute atomic E-state index is 0.0840. The van der Waals surface area contributed by atoms with Crippen LogP contribution in [0.4, 0.5) is 0 Å². The van der Waals surface area contributed by atoms with E-state index in [4.69, 9.17) is 5.73 Å². The average Bonchev–Trinajstić information content (AvgIpc) is 3.63. The highest BCUT2D eigenvalue weighted by Crippen LogP contribution is 2.36. The Hall–Kier alpha value is -3.24. The van der Waals surface area contributed by atoms with Crippen LogP contribution in [-0.4, -0.2) is 34.3 Å². The predicted molar refractivity (Wildman–Crippen MR) is 151 cm³/mol. The summed E-state index contributed by atoms with van der Waals surface area (Å²) in [6.07, 6.45) is 1.69. The maximum atomic E-state index is 13.8. The molecule has 0 radical (unpaired) electrons. The third-order valence-corrected chi connectivity index (χ3v) is 8.88. The lowest BCUT2D eigenvalue weighted by Crippen LogP contribution is -2.48. The number of carbonyl (C=O) groups is 3. The first kappa shape index (κ1) is 26.8. The molecule has 190 valence electrons. The molecule has 4 rings (SSSR count). The van der Waals surface area contributed by atoms with Crippen LogP contribution in [0.3, 0.4) is 0 Å². The van der Waals surface area contributed by atoms with Gasteiger partial charge in [0.25, 0.3) is 5.91 Å². The smallest absolute Gasteiger partial charge is 0.328 e. The molecule has 0 aliphatic heterocycles. The van der Waals surface area contributed by atoms with E-state index in [1.54, 1.807) is 66.1 Å². The van der Waals surface area contributed by atoms with Crippen LogP contribution >= 0.6 is 34.4 Å². The Morgan fingerprint density at radius 1 is 0.946 bits per heavy atom. The number of nitrogens with one attached hydrogen (secondary N) is 1. The van der Waals surface area contributed by atoms with Crippen LogP contribution in [0.2, 0.25) is 0 Å². The Bertz CT molecular complexity index is 1390. The van der Waals surface area contributed by atoms with Gasteiger partial charge in [-0.05, 0) is 41.1 Å². The molecule has 4 N–H and O–H groups in total. The molecule has 0 saturated carbocycles. The molecule has 1 amide bonds. The van der Waals surface area contributed by atoms with Crippen molar-refractivity contribution in [2.75, 3.05) is 6.26 Å². The van der Waals surface area contributed by atoms with Crippen LogP contribution in [0.5, 0.6) is 0 Å². The number of amides is 1. The largest absolute Gasteiger partial charge is 0.480 e. The second kappa shape index (κ2) is 11.9. The van der Waals surface area contributed by atoms with E-state index in [9.17, 15) is 19.5 Å². The summed E-state index contributed by atoms with van der Waals surface area (Å²) in [5, 5.41) is 16.0. The van der Waals surface area contributed by atoms with Gasteiger partial charge in [0.1, 0.15) is 5.54 Å². The van der Waals surface area contributed by atoms with Crippen LogP contribution in [0, 0.1) is 0 Å². The first-order valence-corrected chi connectivity index (χ1v) is 14.5. The van der Waals surface area contributed by atoms with Crippen molar-refractivity contribution < 1.29 is 19.5 Å². The summed E-state index contributed by atoms with van der Waals surface area (Å²) in [5.74, 6) is -1.64. The lowest BCUT2D eigenvalue weighted by atomic mass is 9.84. The minimum atomic E-state index is -1.73. The van der Waals surface area contributed by atoms with E-state index in [1.807, 2.05) is 35.0 Å². The number of ketones is 1. The number of thioether (sulfide) groups is 1. The first-order valence-electron chi connectivity index (χ1n) is 11.5. The van der Waals surface area contributed by atoms with E-state index in [0.29, 0.717) is 33.7 Å². The maximum Gasteiger partial charge on any atom is 0.328 e. The normalized spacial score (nSPS) is 13.5. The van der Waals surface area contributed by atoms with E-state index in [0.717, 1.165) is 4.88 Å². The fourth-order valence-electron chi connectivity index (χ4n) is 4.08. The van der Waals surface area contributed by atoms with E-state index < -0.39 is 16.8 Å². The Morgan fingerprint density at radius 3 is 2.35 bits per heavy atom. The van der Waals surface area contributed by atoms with Crippen LogP contribution in [0.15, 0.2) is 83.6 Å². The van der Waals surface area contributed by atoms with Gasteiger partial charge in [-0.15, -0.1) is 22.7 Å². The number of carboxylic acids is 1. The summed E-state index contributed by atoms with van der Waals surface area (Å²) in [4.78, 5) is 40.8. The molecule has 37 heavy (non-hydrogen) atoms. The number of hydrogen-bond acceptors (Lipinski definition) is 7. The Kier molecular flexibility index (Phi) is 8.60. The van der Waals surface area contributed by atoms with Crippen LogP contribution in [0.25, 0.3) is 10.4 Å². The molecule has 0 bridgehead atoms. The molecule has 1 unspecified atom stereocenters. The van der Waals surface area contributed by atoms with Gasteiger partial charge in [0.05, 0.1) is 17.4 Å². The van der Waals surface area contributed by atoms with Crippen molar-refractivity contribution in [3.63, 3.8) is 0 Å². The topological polar surface area (TPSA) is 109 Å². The molecular formula is C28H26N2O4S3. The zero-order valence-corrected chi connectivity index (χ0v) is 22.5. The van der Waals surface area contributed by atoms with Crippen molar-refractivity contribution in [1.29, 1.82) is 0 Å². The Labute approximate surface area is 227 Å². The molecule has 0 spiro atoms. The van der Waals surface area contributed by atoms with E-state index >= 15 is 0 Å². The molecule has 2 aromatic carbocycles. The predicted octanol–water partition coefficient (Wildman–Crippen LogP) is 5.65. The van der Waals surface area contributed by atoms with Crippen LogP contribution < -0.4 is 11.1 Å². The second-order valence-electron chi connectivity index (χ2n) is 8.41. The average molecular weight is 551 g/mol. The van der Waals surface area contributed by atoms with Crippen molar-refractivity contribution in [3.05, 3.63) is 105 Å². The van der Waals surface area contributed by atoms with Gasteiger partial charge in [-0.1, -0.05) is 60.7 Å². The van der Waals surface area contributed by atoms with Crippen LogP contribution in [0.1, 0.15) is 37.6 Å². The number of aliphatic carboxylic acids is 1. The highest BCUT2D eigenvalue weighted by atomic mass is 32.2. The number of benzene rings is 2. The minimum Gasteiger partial charge on any atom is -0.480 e. The molecule has 0 fully saturated rings. The molecule has 9 heteroatoms. The van der Waals surface area contributed by atoms with E-state index in [-0.39, 0.29) is 18.1 Å². The monoisotopic (exact) mass is 550 g/mol. The summed E-state index contributed by atoms with van der Waals surface area (Å²) in [6.45, 7) is 0.425. The molecule has 4 aromatic rings. The number of Topliss-reactive ketones (excluding diaryl/α,β-unsaturated/α-hetero) is 1. The molecule has 0 saturated heterocycles. The van der Waals surface area contributed by atoms with Gasteiger partial charge in [0.15, 0.2) is 5.78 Å². The molecule has 2 atom stereocenters. The van der Waals surface area contributed by atoms with Crippen molar-refractivity contribution in [2.24, 2.45) is 5.73 Å². The van der Waals surface area contributed by atoms with Gasteiger partial charge in [0.2, 0.25) is 0 Å². The number of hydrogen-bond donors (Lipinski definition) is 3. The van der Waals surface area contributed by atoms with Gasteiger partial charge in [-0.2, -0.15) is 11.8 Å². The molecule has 0 aliphatic rings. The Morgan fingerprint density at radius 2 is 1.68 bits per heavy atom. The molecule has 2 aromatic heterocycles. The van der Waals surface area contributed by atoms with Crippen molar-refractivity contribution in [3.8, 4) is 10.4 Å². The molecule has 0 aliphatic carbocycles. The van der Waals surface area contributed by atoms with Gasteiger partial charge < -0.3 is 16.2 Å². The molecule has 6 nitrogen and oxygen atoms in total. The quantitative estimate of drug-likeness (QED) is 0.208. The maximum absolute atomic E-state index is 13.8. The standard InChI is InChI=1S/C28H26N2O4S3/c1-35-23(16-28(29,27(33)34)18-8-3-2-4-9-18)24(31)20-11-5-6-12-21(20)25-22(13-15-37-25)26(32)30-17-19-10-7-14-36-19/h2-15,23H,16-17,29H2,1H3,(H,30,32)(H,33,34)/t23?,28-/m1/s1. The van der Waals surface area contributed by atoms with Crippen LogP contribution in [-0.2, 0) is 16.9 Å². The molecular weight excluding hydrogens is 525 g/mol. The van der Waals surface area contributed by atoms with Gasteiger partial charge in [-0.3, -0.25) is 9.59 Å². The third kappa shape index (κ3) is 5.86. The van der Waals surface area contributed by atoms with E-state index in [2.05, 4.69) is 5.32 Å². The molecule has 2 heterocycles. The number of thiophene rings is 2. The van der Waals surface area contributed by atoms with Crippen molar-refractivity contribution >= 4 is 52.1 Å². The fraction of sp³-hybridized carbons (Fsp3) is 0.179. The highest BCUT2D eigenvalue weighted by Gasteiger charge is 2.40. The zero-order chi connectivity index (χ0) is 26.4. The summed E-state index contributed by atoms with van der Waals surface area (Å²) in [5.41, 5.74) is 6.68. The highest BCUT2D eigenvalue weighted by molar-refractivity contribution is 8.00. The first-order chi connectivity index (χ1) is 17.8. The number of carbonyl (C=O) groups excluding carboxylic acids is 2. The lowest BCUT2D eigenvalue weighted by Gasteiger charge is -2.29. The van der Waals surface area contributed by atoms with Gasteiger partial charge >= 0.3 is 5.97 Å². The second-order valence-corrected chi connectivity index (χ2v) is 11.4.